The molecule has 130 valence electrons. The molecule has 0 radical (unpaired) electrons. The molecule has 0 spiro atoms. The molecule has 6 heteroatoms. The fraction of sp³-hybridized carbons (Fsp3) is 0.263. The molecule has 0 aliphatic heterocycles. The highest BCUT2D eigenvalue weighted by Gasteiger charge is 2.29. The zero-order valence-corrected chi connectivity index (χ0v) is 16.2. The number of halogens is 1. The minimum absolute atomic E-state index is 0.0521. The first kappa shape index (κ1) is 17.7. The lowest BCUT2D eigenvalue weighted by molar-refractivity contribution is -0.117. The summed E-state index contributed by atoms with van der Waals surface area (Å²) >= 11 is 2.13. The van der Waals surface area contributed by atoms with Gasteiger partial charge in [0.25, 0.3) is 5.91 Å². The molecule has 1 fully saturated rings. The van der Waals surface area contributed by atoms with Crippen molar-refractivity contribution in [1.82, 2.24) is 0 Å². The molecule has 0 bridgehead atoms. The van der Waals surface area contributed by atoms with Gasteiger partial charge in [-0.25, -0.2) is 0 Å². The number of benzene rings is 2. The van der Waals surface area contributed by atoms with Gasteiger partial charge in [-0.15, -0.1) is 0 Å². The molecule has 1 aliphatic carbocycles. The molecule has 2 N–H and O–H groups in total. The molecule has 0 heterocycles. The maximum atomic E-state index is 12.5. The van der Waals surface area contributed by atoms with Crippen molar-refractivity contribution in [3.05, 3.63) is 51.1 Å². The molecular formula is C19H19IN2O3. The highest BCUT2D eigenvalue weighted by atomic mass is 127. The average molecular weight is 450 g/mol. The SMILES string of the molecule is COc1ccc(C(=O)Nc2ccc(C)c(NC(=O)C3CC3)c2)cc1I. The Morgan fingerprint density at radius 1 is 1.12 bits per heavy atom. The number of nitrogens with one attached hydrogen (secondary N) is 2. The van der Waals surface area contributed by atoms with Gasteiger partial charge in [0, 0.05) is 22.9 Å². The Bertz CT molecular complexity index is 831. The van der Waals surface area contributed by atoms with E-state index in [1.54, 1.807) is 31.4 Å². The van der Waals surface area contributed by atoms with Crippen LogP contribution in [0.15, 0.2) is 36.4 Å². The van der Waals surface area contributed by atoms with Crippen molar-refractivity contribution in [1.29, 1.82) is 0 Å². The summed E-state index contributed by atoms with van der Waals surface area (Å²) in [6, 6.07) is 10.8. The second-order valence-corrected chi connectivity index (χ2v) is 7.26. The number of hydrogen-bond donors (Lipinski definition) is 2. The van der Waals surface area contributed by atoms with Crippen LogP contribution in [0, 0.1) is 16.4 Å². The van der Waals surface area contributed by atoms with Crippen molar-refractivity contribution in [3.8, 4) is 5.75 Å². The average Bonchev–Trinajstić information content (AvgIpc) is 3.42. The van der Waals surface area contributed by atoms with Gasteiger partial charge < -0.3 is 15.4 Å². The zero-order chi connectivity index (χ0) is 18.0. The molecule has 0 aromatic heterocycles. The number of hydrogen-bond acceptors (Lipinski definition) is 3. The lowest BCUT2D eigenvalue weighted by Crippen LogP contribution is -2.15. The minimum Gasteiger partial charge on any atom is -0.496 e. The molecule has 2 aromatic carbocycles. The first-order valence-corrected chi connectivity index (χ1v) is 9.12. The van der Waals surface area contributed by atoms with Gasteiger partial charge in [-0.3, -0.25) is 9.59 Å². The van der Waals surface area contributed by atoms with Gasteiger partial charge in [0.2, 0.25) is 5.91 Å². The first-order chi connectivity index (χ1) is 12.0. The molecule has 3 rings (SSSR count). The van der Waals surface area contributed by atoms with E-state index in [1.165, 1.54) is 0 Å². The molecule has 2 aromatic rings. The van der Waals surface area contributed by atoms with Crippen molar-refractivity contribution < 1.29 is 14.3 Å². The summed E-state index contributed by atoms with van der Waals surface area (Å²) < 4.78 is 6.08. The van der Waals surface area contributed by atoms with Crippen LogP contribution in [0.1, 0.15) is 28.8 Å². The van der Waals surface area contributed by atoms with Gasteiger partial charge in [-0.2, -0.15) is 0 Å². The minimum atomic E-state index is -0.205. The maximum absolute atomic E-state index is 12.5. The molecule has 1 saturated carbocycles. The van der Waals surface area contributed by atoms with Crippen LogP contribution in [-0.4, -0.2) is 18.9 Å². The summed E-state index contributed by atoms with van der Waals surface area (Å²) in [4.78, 5) is 24.4. The Labute approximate surface area is 160 Å². The van der Waals surface area contributed by atoms with Crippen molar-refractivity contribution in [2.45, 2.75) is 19.8 Å². The van der Waals surface area contributed by atoms with Gasteiger partial charge in [0.05, 0.1) is 10.7 Å². The fourth-order valence-electron chi connectivity index (χ4n) is 2.43. The Hall–Kier alpha value is -2.09. The second kappa shape index (κ2) is 7.43. The number of carbonyl (C=O) groups is 2. The summed E-state index contributed by atoms with van der Waals surface area (Å²) in [5.41, 5.74) is 2.90. The van der Waals surface area contributed by atoms with Crippen LogP contribution >= 0.6 is 22.6 Å². The van der Waals surface area contributed by atoms with E-state index in [0.29, 0.717) is 11.3 Å². The molecule has 2 amide bonds. The van der Waals surface area contributed by atoms with Crippen molar-refractivity contribution in [3.63, 3.8) is 0 Å². The first-order valence-electron chi connectivity index (χ1n) is 8.04. The summed E-state index contributed by atoms with van der Waals surface area (Å²) in [5, 5.41) is 5.82. The Morgan fingerprint density at radius 2 is 1.88 bits per heavy atom. The maximum Gasteiger partial charge on any atom is 0.255 e. The Balaban J connectivity index is 1.74. The van der Waals surface area contributed by atoms with E-state index in [9.17, 15) is 9.59 Å². The van der Waals surface area contributed by atoms with Crippen molar-refractivity contribution in [2.24, 2.45) is 5.92 Å². The third kappa shape index (κ3) is 4.31. The smallest absolute Gasteiger partial charge is 0.255 e. The van der Waals surface area contributed by atoms with E-state index in [0.717, 1.165) is 33.4 Å². The Morgan fingerprint density at radius 3 is 2.52 bits per heavy atom. The van der Waals surface area contributed by atoms with E-state index >= 15 is 0 Å². The van der Waals surface area contributed by atoms with Crippen LogP contribution in [0.2, 0.25) is 0 Å². The van der Waals surface area contributed by atoms with Crippen molar-refractivity contribution >= 4 is 45.8 Å². The summed E-state index contributed by atoms with van der Waals surface area (Å²) in [7, 11) is 1.60. The van der Waals surface area contributed by atoms with Crippen LogP contribution in [-0.2, 0) is 4.79 Å². The van der Waals surface area contributed by atoms with E-state index in [2.05, 4.69) is 33.2 Å². The number of carbonyl (C=O) groups excluding carboxylic acids is 2. The lowest BCUT2D eigenvalue weighted by Gasteiger charge is -2.12. The molecule has 5 nitrogen and oxygen atoms in total. The van der Waals surface area contributed by atoms with E-state index in [1.807, 2.05) is 19.1 Å². The molecular weight excluding hydrogens is 431 g/mol. The summed E-state index contributed by atoms with van der Waals surface area (Å²) in [6.07, 6.45) is 1.91. The number of methoxy groups -OCH3 is 1. The van der Waals surface area contributed by atoms with Gasteiger partial charge in [-0.05, 0) is 78.3 Å². The molecule has 0 atom stereocenters. The largest absolute Gasteiger partial charge is 0.496 e. The second-order valence-electron chi connectivity index (χ2n) is 6.10. The van der Waals surface area contributed by atoms with Gasteiger partial charge in [-0.1, -0.05) is 6.07 Å². The monoisotopic (exact) mass is 450 g/mol. The number of aryl methyl sites for hydroxylation is 1. The molecule has 0 saturated heterocycles. The molecule has 1 aliphatic rings. The Kier molecular flexibility index (Phi) is 5.27. The normalized spacial score (nSPS) is 13.2. The van der Waals surface area contributed by atoms with Crippen LogP contribution in [0.25, 0.3) is 0 Å². The molecule has 25 heavy (non-hydrogen) atoms. The topological polar surface area (TPSA) is 67.4 Å². The predicted molar refractivity (Wildman–Crippen MR) is 106 cm³/mol. The third-order valence-electron chi connectivity index (χ3n) is 4.12. The third-order valence-corrected chi connectivity index (χ3v) is 4.96. The van der Waals surface area contributed by atoms with Crippen LogP contribution < -0.4 is 15.4 Å². The fourth-order valence-corrected chi connectivity index (χ4v) is 3.16. The van der Waals surface area contributed by atoms with Gasteiger partial charge >= 0.3 is 0 Å². The number of anilines is 2. The summed E-state index contributed by atoms with van der Waals surface area (Å²) in [5.74, 6) is 0.719. The number of amides is 2. The van der Waals surface area contributed by atoms with E-state index in [-0.39, 0.29) is 17.7 Å². The van der Waals surface area contributed by atoms with Gasteiger partial charge in [0.15, 0.2) is 0 Å². The number of ether oxygens (including phenoxy) is 1. The molecule has 0 unspecified atom stereocenters. The summed E-state index contributed by atoms with van der Waals surface area (Å²) in [6.45, 7) is 1.93. The van der Waals surface area contributed by atoms with Crippen LogP contribution in [0.3, 0.4) is 0 Å². The van der Waals surface area contributed by atoms with Crippen molar-refractivity contribution in [2.75, 3.05) is 17.7 Å². The van der Waals surface area contributed by atoms with Crippen LogP contribution in [0.4, 0.5) is 11.4 Å². The standard InChI is InChI=1S/C19H19IN2O3/c1-11-3-7-14(10-16(11)22-18(23)12-4-5-12)21-19(24)13-6-8-17(25-2)15(20)9-13/h3,6-10,12H,4-5H2,1-2H3,(H,21,24)(H,22,23). The van der Waals surface area contributed by atoms with Crippen LogP contribution in [0.5, 0.6) is 5.75 Å². The lowest BCUT2D eigenvalue weighted by atomic mass is 10.1. The quantitative estimate of drug-likeness (QED) is 0.671. The highest BCUT2D eigenvalue weighted by Crippen LogP contribution is 2.31. The predicted octanol–water partition coefficient (Wildman–Crippen LogP) is 4.21. The number of rotatable bonds is 5. The van der Waals surface area contributed by atoms with Gasteiger partial charge in [0.1, 0.15) is 5.75 Å². The zero-order valence-electron chi connectivity index (χ0n) is 14.1. The highest BCUT2D eigenvalue weighted by molar-refractivity contribution is 14.1. The van der Waals surface area contributed by atoms with E-state index < -0.39 is 0 Å². The van der Waals surface area contributed by atoms with E-state index in [4.69, 9.17) is 4.74 Å².